The van der Waals surface area contributed by atoms with Crippen molar-refractivity contribution in [1.82, 2.24) is 25.7 Å². The first-order valence-corrected chi connectivity index (χ1v) is 10.4. The molecule has 1 atom stereocenters. The molecule has 1 saturated heterocycles. The van der Waals surface area contributed by atoms with E-state index in [1.165, 1.54) is 12.4 Å². The summed E-state index contributed by atoms with van der Waals surface area (Å²) in [7, 11) is 0. The molecule has 3 N–H and O–H groups in total. The maximum atomic E-state index is 12.9. The highest BCUT2D eigenvalue weighted by molar-refractivity contribution is 5.92. The maximum absolute atomic E-state index is 12.9. The van der Waals surface area contributed by atoms with Gasteiger partial charge in [-0.1, -0.05) is 42.5 Å². The zero-order valence-corrected chi connectivity index (χ0v) is 17.1. The lowest BCUT2D eigenvalue weighted by Gasteiger charge is -2.37. The van der Waals surface area contributed by atoms with E-state index in [9.17, 15) is 9.59 Å². The van der Waals surface area contributed by atoms with Crippen molar-refractivity contribution in [2.45, 2.75) is 24.9 Å². The average molecular weight is 422 g/mol. The number of amides is 2. The Balaban J connectivity index is 1.41. The van der Waals surface area contributed by atoms with Crippen LogP contribution in [0, 0.1) is 0 Å². The van der Waals surface area contributed by atoms with Crippen LogP contribution < -0.4 is 15.7 Å². The van der Waals surface area contributed by atoms with Crippen LogP contribution in [0.3, 0.4) is 0 Å². The second-order valence-electron chi connectivity index (χ2n) is 7.73. The Kier molecular flexibility index (Phi) is 6.54. The molecular weight excluding hydrogens is 396 g/mol. The molecule has 2 amide bonds. The van der Waals surface area contributed by atoms with E-state index in [-0.39, 0.29) is 17.5 Å². The minimum atomic E-state index is -0.647. The van der Waals surface area contributed by atoms with E-state index in [1.54, 1.807) is 5.48 Å². The molecular formula is C22H26N6O3. The molecule has 2 aliphatic rings. The summed E-state index contributed by atoms with van der Waals surface area (Å²) in [4.78, 5) is 37.0. The number of aromatic nitrogens is 2. The van der Waals surface area contributed by atoms with E-state index in [4.69, 9.17) is 5.21 Å². The molecule has 2 heterocycles. The van der Waals surface area contributed by atoms with Crippen LogP contribution in [0.1, 0.15) is 28.8 Å². The summed E-state index contributed by atoms with van der Waals surface area (Å²) in [5.41, 5.74) is 2.82. The number of carbonyl (C=O) groups is 2. The van der Waals surface area contributed by atoms with Gasteiger partial charge in [0.25, 0.3) is 5.91 Å². The predicted octanol–water partition coefficient (Wildman–Crippen LogP) is 1.08. The second kappa shape index (κ2) is 9.67. The fourth-order valence-electron chi connectivity index (χ4n) is 3.52. The molecule has 1 aromatic heterocycles. The fourth-order valence-corrected chi connectivity index (χ4v) is 3.52. The number of rotatable bonds is 7. The van der Waals surface area contributed by atoms with Gasteiger partial charge in [0.1, 0.15) is 6.04 Å². The van der Waals surface area contributed by atoms with Gasteiger partial charge in [-0.15, -0.1) is 0 Å². The van der Waals surface area contributed by atoms with Crippen LogP contribution in [0.15, 0.2) is 48.8 Å². The Morgan fingerprint density at radius 1 is 1.06 bits per heavy atom. The van der Waals surface area contributed by atoms with Crippen molar-refractivity contribution >= 4 is 23.8 Å². The second-order valence-corrected chi connectivity index (χ2v) is 7.73. The third-order valence-electron chi connectivity index (χ3n) is 5.46. The maximum Gasteiger partial charge on any atom is 0.277 e. The number of hydrogen-bond donors (Lipinski definition) is 3. The summed E-state index contributed by atoms with van der Waals surface area (Å²) < 4.78 is 0. The minimum Gasteiger partial charge on any atom is -0.352 e. The molecule has 0 bridgehead atoms. The molecule has 1 aliphatic carbocycles. The minimum absolute atomic E-state index is 0.0405. The number of piperazine rings is 1. The highest BCUT2D eigenvalue weighted by Crippen LogP contribution is 2.20. The lowest BCUT2D eigenvalue weighted by atomic mass is 10.1. The molecule has 0 radical (unpaired) electrons. The molecule has 31 heavy (non-hydrogen) atoms. The van der Waals surface area contributed by atoms with Crippen molar-refractivity contribution in [2.75, 3.05) is 31.1 Å². The van der Waals surface area contributed by atoms with Gasteiger partial charge in [0, 0.05) is 44.6 Å². The van der Waals surface area contributed by atoms with E-state index >= 15 is 0 Å². The summed E-state index contributed by atoms with van der Waals surface area (Å²) in [6, 6.07) is 9.94. The first-order chi connectivity index (χ1) is 15.1. The van der Waals surface area contributed by atoms with Crippen molar-refractivity contribution in [3.05, 3.63) is 59.9 Å². The Labute approximate surface area is 180 Å². The van der Waals surface area contributed by atoms with Gasteiger partial charge in [-0.05, 0) is 18.4 Å². The molecule has 9 nitrogen and oxygen atoms in total. The molecule has 1 saturated carbocycles. The van der Waals surface area contributed by atoms with Crippen molar-refractivity contribution < 1.29 is 14.8 Å². The average Bonchev–Trinajstić information content (AvgIpc) is 3.64. The molecule has 4 rings (SSSR count). The highest BCUT2D eigenvalue weighted by atomic mass is 16.5. The summed E-state index contributed by atoms with van der Waals surface area (Å²) in [6.07, 6.45) is 8.84. The van der Waals surface area contributed by atoms with Crippen molar-refractivity contribution in [3.8, 4) is 0 Å². The first kappa shape index (κ1) is 21.0. The first-order valence-electron chi connectivity index (χ1n) is 10.4. The number of anilines is 1. The van der Waals surface area contributed by atoms with Gasteiger partial charge >= 0.3 is 0 Å². The normalized spacial score (nSPS) is 18.0. The Bertz CT molecular complexity index is 922. The number of hydroxylamine groups is 1. The molecule has 1 aliphatic heterocycles. The largest absolute Gasteiger partial charge is 0.352 e. The van der Waals surface area contributed by atoms with Crippen molar-refractivity contribution in [3.63, 3.8) is 0 Å². The van der Waals surface area contributed by atoms with E-state index in [1.807, 2.05) is 47.4 Å². The van der Waals surface area contributed by atoms with Gasteiger partial charge in [-0.2, -0.15) is 0 Å². The van der Waals surface area contributed by atoms with Crippen molar-refractivity contribution in [1.29, 1.82) is 0 Å². The topological polar surface area (TPSA) is 111 Å². The number of carbonyl (C=O) groups excluding carboxylic acids is 2. The van der Waals surface area contributed by atoms with E-state index < -0.39 is 5.91 Å². The van der Waals surface area contributed by atoms with Gasteiger partial charge in [0.15, 0.2) is 0 Å². The molecule has 1 aromatic carbocycles. The fraction of sp³-hybridized carbons (Fsp3) is 0.364. The van der Waals surface area contributed by atoms with E-state index in [2.05, 4.69) is 20.2 Å². The molecule has 9 heteroatoms. The summed E-state index contributed by atoms with van der Waals surface area (Å²) in [5, 5.41) is 11.8. The number of nitrogens with zero attached hydrogens (tertiary/aromatic N) is 4. The number of hydrogen-bond acceptors (Lipinski definition) is 7. The number of nitrogens with one attached hydrogen (secondary N) is 2. The highest BCUT2D eigenvalue weighted by Gasteiger charge is 2.31. The van der Waals surface area contributed by atoms with Crippen LogP contribution in [0.2, 0.25) is 0 Å². The molecule has 0 spiro atoms. The lowest BCUT2D eigenvalue weighted by Crippen LogP contribution is -2.54. The van der Waals surface area contributed by atoms with Gasteiger partial charge < -0.3 is 10.2 Å². The molecule has 2 aromatic rings. The zero-order valence-electron chi connectivity index (χ0n) is 17.1. The summed E-state index contributed by atoms with van der Waals surface area (Å²) in [5.74, 6) is -0.0854. The van der Waals surface area contributed by atoms with E-state index in [0.717, 1.165) is 18.4 Å². The Morgan fingerprint density at radius 2 is 1.74 bits per heavy atom. The third-order valence-corrected chi connectivity index (χ3v) is 5.46. The SMILES string of the molecule is O=C(NO)c1cnc(N2CCN(C(/C=C/c3ccccc3)C(=O)NC3CC3)CC2)nc1. The van der Waals surface area contributed by atoms with Gasteiger partial charge in [-0.25, -0.2) is 15.4 Å². The molecule has 1 unspecified atom stereocenters. The van der Waals surface area contributed by atoms with Gasteiger partial charge in [0.2, 0.25) is 11.9 Å². The molecule has 2 fully saturated rings. The van der Waals surface area contributed by atoms with Crippen LogP contribution in [0.5, 0.6) is 0 Å². The summed E-state index contributed by atoms with van der Waals surface area (Å²) >= 11 is 0. The van der Waals surface area contributed by atoms with E-state index in [0.29, 0.717) is 38.2 Å². The predicted molar refractivity (Wildman–Crippen MR) is 115 cm³/mol. The quantitative estimate of drug-likeness (QED) is 0.452. The number of benzene rings is 1. The standard InChI is InChI=1S/C22H26N6O3/c29-20(26-31)17-14-23-22(24-15-17)28-12-10-27(11-13-28)19(21(30)25-18-7-8-18)9-6-16-4-2-1-3-5-16/h1-6,9,14-15,18-19,31H,7-8,10-13H2,(H,25,30)(H,26,29)/b9-6+. The van der Waals surface area contributed by atoms with Crippen molar-refractivity contribution in [2.24, 2.45) is 0 Å². The van der Waals surface area contributed by atoms with Crippen LogP contribution in [0.25, 0.3) is 6.08 Å². The summed E-state index contributed by atoms with van der Waals surface area (Å²) in [6.45, 7) is 2.70. The van der Waals surface area contributed by atoms with Crippen LogP contribution in [0.4, 0.5) is 5.95 Å². The smallest absolute Gasteiger partial charge is 0.277 e. The lowest BCUT2D eigenvalue weighted by molar-refractivity contribution is -0.125. The Morgan fingerprint density at radius 3 is 2.35 bits per heavy atom. The monoisotopic (exact) mass is 422 g/mol. The zero-order chi connectivity index (χ0) is 21.6. The van der Waals surface area contributed by atoms with Gasteiger partial charge in [-0.3, -0.25) is 19.7 Å². The Hall–Kier alpha value is -3.30. The third kappa shape index (κ3) is 5.44. The van der Waals surface area contributed by atoms with Crippen LogP contribution in [-0.2, 0) is 4.79 Å². The van der Waals surface area contributed by atoms with Crippen LogP contribution >= 0.6 is 0 Å². The van der Waals surface area contributed by atoms with Gasteiger partial charge in [0.05, 0.1) is 5.56 Å². The van der Waals surface area contributed by atoms with Crippen LogP contribution in [-0.4, -0.2) is 70.2 Å². The molecule has 162 valence electrons.